The molecule has 4 heteroatoms. The highest BCUT2D eigenvalue weighted by Gasteiger charge is 2.36. The van der Waals surface area contributed by atoms with Crippen LogP contribution in [0.15, 0.2) is 42.5 Å². The molecule has 4 rings (SSSR count). The molecule has 2 aromatic rings. The molecule has 0 N–H and O–H groups in total. The topological polar surface area (TPSA) is 0 Å². The van der Waals surface area contributed by atoms with Gasteiger partial charge in [-0.1, -0.05) is 56.9 Å². The van der Waals surface area contributed by atoms with Crippen LogP contribution in [0.2, 0.25) is 0 Å². The van der Waals surface area contributed by atoms with Crippen LogP contribution in [-0.4, -0.2) is 0 Å². The number of hydrogen-bond donors (Lipinski definition) is 0. The summed E-state index contributed by atoms with van der Waals surface area (Å²) in [4.78, 5) is 0. The Morgan fingerprint density at radius 3 is 2.26 bits per heavy atom. The fourth-order valence-electron chi connectivity index (χ4n) is 5.90. The molecule has 0 radical (unpaired) electrons. The first-order valence-electron chi connectivity index (χ1n) is 11.8. The van der Waals surface area contributed by atoms with Crippen molar-refractivity contribution in [3.63, 3.8) is 0 Å². The predicted octanol–water partition coefficient (Wildman–Crippen LogP) is 9.00. The molecule has 2 aromatic carbocycles. The Bertz CT molecular complexity index is 868. The minimum atomic E-state index is -4.38. The summed E-state index contributed by atoms with van der Waals surface area (Å²) in [5, 5.41) is 0. The third kappa shape index (κ3) is 5.15. The number of alkyl halides is 3. The van der Waals surface area contributed by atoms with Crippen molar-refractivity contribution in [2.75, 3.05) is 0 Å². The highest BCUT2D eigenvalue weighted by Crippen LogP contribution is 2.48. The van der Waals surface area contributed by atoms with Gasteiger partial charge in [-0.05, 0) is 85.1 Å². The lowest BCUT2D eigenvalue weighted by Crippen LogP contribution is -2.30. The second-order valence-electron chi connectivity index (χ2n) is 9.67. The Hall–Kier alpha value is -1.84. The maximum absolute atomic E-state index is 14.9. The Kier molecular flexibility index (Phi) is 6.74. The van der Waals surface area contributed by atoms with E-state index in [-0.39, 0.29) is 5.82 Å². The molecular formula is C27H32F4. The fraction of sp³-hybridized carbons (Fsp3) is 0.556. The van der Waals surface area contributed by atoms with E-state index >= 15 is 0 Å². The molecule has 31 heavy (non-hydrogen) atoms. The summed E-state index contributed by atoms with van der Waals surface area (Å²) in [7, 11) is 0. The molecule has 2 saturated carbocycles. The van der Waals surface area contributed by atoms with Crippen LogP contribution >= 0.6 is 0 Å². The Morgan fingerprint density at radius 1 is 0.871 bits per heavy atom. The van der Waals surface area contributed by atoms with Crippen LogP contribution in [-0.2, 0) is 6.18 Å². The molecule has 0 nitrogen and oxygen atoms in total. The highest BCUT2D eigenvalue weighted by molar-refractivity contribution is 5.65. The average Bonchev–Trinajstić information content (AvgIpc) is 2.76. The molecule has 0 spiro atoms. The Labute approximate surface area is 183 Å². The number of rotatable bonds is 5. The van der Waals surface area contributed by atoms with Gasteiger partial charge in [-0.2, -0.15) is 13.2 Å². The molecular weight excluding hydrogens is 400 g/mol. The normalized spacial score (nSPS) is 26.5. The first kappa shape index (κ1) is 22.4. The van der Waals surface area contributed by atoms with Crippen molar-refractivity contribution < 1.29 is 17.6 Å². The molecule has 4 unspecified atom stereocenters. The number of hydrogen-bond acceptors (Lipinski definition) is 0. The molecule has 168 valence electrons. The first-order chi connectivity index (χ1) is 14.8. The van der Waals surface area contributed by atoms with Crippen molar-refractivity contribution in [3.05, 3.63) is 59.4 Å². The van der Waals surface area contributed by atoms with E-state index in [9.17, 15) is 17.6 Å². The van der Waals surface area contributed by atoms with E-state index in [2.05, 4.69) is 6.92 Å². The van der Waals surface area contributed by atoms with Crippen LogP contribution < -0.4 is 0 Å². The van der Waals surface area contributed by atoms with E-state index in [0.29, 0.717) is 17.0 Å². The zero-order valence-corrected chi connectivity index (χ0v) is 18.2. The van der Waals surface area contributed by atoms with Crippen LogP contribution in [0.1, 0.15) is 81.8 Å². The SMILES string of the molecule is CCCCC1CCC2CC(c3ccc(-c4ccc(C(F)(F)F)cc4)c(F)c3)CCC2C1. The zero-order valence-electron chi connectivity index (χ0n) is 18.2. The van der Waals surface area contributed by atoms with E-state index in [4.69, 9.17) is 0 Å². The van der Waals surface area contributed by atoms with Gasteiger partial charge in [0.2, 0.25) is 0 Å². The molecule has 2 aliphatic carbocycles. The Morgan fingerprint density at radius 2 is 1.58 bits per heavy atom. The number of unbranched alkanes of at least 4 members (excludes halogenated alkanes) is 1. The van der Waals surface area contributed by atoms with Gasteiger partial charge in [0.05, 0.1) is 5.56 Å². The van der Waals surface area contributed by atoms with Gasteiger partial charge >= 0.3 is 6.18 Å². The van der Waals surface area contributed by atoms with Crippen LogP contribution in [0.4, 0.5) is 17.6 Å². The summed E-state index contributed by atoms with van der Waals surface area (Å²) < 4.78 is 53.2. The van der Waals surface area contributed by atoms with Gasteiger partial charge in [-0.25, -0.2) is 4.39 Å². The van der Waals surface area contributed by atoms with Gasteiger partial charge in [0.15, 0.2) is 0 Å². The van der Waals surface area contributed by atoms with E-state index in [1.807, 2.05) is 6.07 Å². The van der Waals surface area contributed by atoms with Gasteiger partial charge in [-0.3, -0.25) is 0 Å². The van der Waals surface area contributed by atoms with Gasteiger partial charge in [0, 0.05) is 5.56 Å². The summed E-state index contributed by atoms with van der Waals surface area (Å²) >= 11 is 0. The van der Waals surface area contributed by atoms with Gasteiger partial charge in [-0.15, -0.1) is 0 Å². The third-order valence-electron chi connectivity index (χ3n) is 7.68. The van der Waals surface area contributed by atoms with Crippen molar-refractivity contribution in [2.24, 2.45) is 17.8 Å². The minimum Gasteiger partial charge on any atom is -0.206 e. The second-order valence-corrected chi connectivity index (χ2v) is 9.67. The molecule has 2 fully saturated rings. The summed E-state index contributed by atoms with van der Waals surface area (Å²) in [5.41, 5.74) is 1.17. The van der Waals surface area contributed by atoms with Gasteiger partial charge in [0.25, 0.3) is 0 Å². The monoisotopic (exact) mass is 432 g/mol. The van der Waals surface area contributed by atoms with Crippen LogP contribution in [0, 0.1) is 23.6 Å². The molecule has 0 saturated heterocycles. The van der Waals surface area contributed by atoms with Gasteiger partial charge < -0.3 is 0 Å². The maximum atomic E-state index is 14.9. The minimum absolute atomic E-state index is 0.345. The lowest BCUT2D eigenvalue weighted by molar-refractivity contribution is -0.137. The first-order valence-corrected chi connectivity index (χ1v) is 11.8. The smallest absolute Gasteiger partial charge is 0.206 e. The molecule has 0 amide bonds. The molecule has 4 atom stereocenters. The van der Waals surface area contributed by atoms with Crippen molar-refractivity contribution in [2.45, 2.75) is 76.8 Å². The van der Waals surface area contributed by atoms with Crippen LogP contribution in [0.25, 0.3) is 11.1 Å². The number of benzene rings is 2. The standard InChI is InChI=1S/C27H32F4/c1-2-3-4-18-5-6-21-16-22(8-7-20(21)15-18)23-11-14-25(26(28)17-23)19-9-12-24(13-10-19)27(29,30)31/h9-14,17-18,20-22H,2-8,15-16H2,1H3. The molecule has 0 aliphatic heterocycles. The van der Waals surface area contributed by atoms with Crippen LogP contribution in [0.3, 0.4) is 0 Å². The van der Waals surface area contributed by atoms with E-state index < -0.39 is 11.7 Å². The quantitative estimate of drug-likeness (QED) is 0.414. The molecule has 0 aromatic heterocycles. The van der Waals surface area contributed by atoms with Crippen molar-refractivity contribution >= 4 is 0 Å². The third-order valence-corrected chi connectivity index (χ3v) is 7.68. The molecule has 2 aliphatic rings. The van der Waals surface area contributed by atoms with Crippen molar-refractivity contribution in [1.29, 1.82) is 0 Å². The van der Waals surface area contributed by atoms with Crippen LogP contribution in [0.5, 0.6) is 0 Å². The van der Waals surface area contributed by atoms with Crippen molar-refractivity contribution in [3.8, 4) is 11.1 Å². The van der Waals surface area contributed by atoms with Gasteiger partial charge in [0.1, 0.15) is 5.82 Å². The maximum Gasteiger partial charge on any atom is 0.416 e. The zero-order chi connectivity index (χ0) is 22.0. The Balaban J connectivity index is 1.42. The lowest BCUT2D eigenvalue weighted by Gasteiger charge is -2.42. The molecule has 0 heterocycles. The van der Waals surface area contributed by atoms with E-state index in [1.54, 1.807) is 12.1 Å². The molecule has 0 bridgehead atoms. The number of fused-ring (bicyclic) bond motifs is 1. The van der Waals surface area contributed by atoms with E-state index in [0.717, 1.165) is 48.3 Å². The summed E-state index contributed by atoms with van der Waals surface area (Å²) in [6.07, 6.45) is 7.13. The fourth-order valence-corrected chi connectivity index (χ4v) is 5.90. The lowest BCUT2D eigenvalue weighted by atomic mass is 9.63. The summed E-state index contributed by atoms with van der Waals surface area (Å²) in [5.74, 6) is 2.54. The number of halogens is 4. The summed E-state index contributed by atoms with van der Waals surface area (Å²) in [6.45, 7) is 2.26. The summed E-state index contributed by atoms with van der Waals surface area (Å²) in [6, 6.07) is 10.1. The predicted molar refractivity (Wildman–Crippen MR) is 117 cm³/mol. The van der Waals surface area contributed by atoms with E-state index in [1.165, 1.54) is 57.1 Å². The van der Waals surface area contributed by atoms with Crippen molar-refractivity contribution in [1.82, 2.24) is 0 Å². The highest BCUT2D eigenvalue weighted by atomic mass is 19.4. The second kappa shape index (κ2) is 9.34. The largest absolute Gasteiger partial charge is 0.416 e. The average molecular weight is 433 g/mol.